The highest BCUT2D eigenvalue weighted by molar-refractivity contribution is 5.49. The van der Waals surface area contributed by atoms with Gasteiger partial charge in [-0.15, -0.1) is 0 Å². The van der Waals surface area contributed by atoms with E-state index in [4.69, 9.17) is 5.73 Å². The average molecular weight is 203 g/mol. The zero-order chi connectivity index (χ0) is 10.7. The first-order valence-corrected chi connectivity index (χ1v) is 4.67. The molecular formula is C10H13N5. The maximum Gasteiger partial charge on any atom is 0.127 e. The van der Waals surface area contributed by atoms with Gasteiger partial charge in [-0.2, -0.15) is 0 Å². The fraction of sp³-hybridized carbons (Fsp3) is 0.200. The number of nitrogen functional groups attached to an aromatic ring is 1. The summed E-state index contributed by atoms with van der Waals surface area (Å²) < 4.78 is 1.97. The van der Waals surface area contributed by atoms with Gasteiger partial charge in [0.2, 0.25) is 0 Å². The Hall–Kier alpha value is -2.04. The van der Waals surface area contributed by atoms with E-state index in [-0.39, 0.29) is 0 Å². The molecule has 78 valence electrons. The summed E-state index contributed by atoms with van der Waals surface area (Å²) in [6.07, 6.45) is 5.37. The second kappa shape index (κ2) is 4.00. The van der Waals surface area contributed by atoms with Crippen LogP contribution >= 0.6 is 0 Å². The molecule has 0 saturated carbocycles. The number of hydrogen-bond donors (Lipinski definition) is 2. The topological polar surface area (TPSA) is 68.8 Å². The molecule has 15 heavy (non-hydrogen) atoms. The lowest BCUT2D eigenvalue weighted by Gasteiger charge is -2.06. The molecule has 0 bridgehead atoms. The molecule has 0 aliphatic rings. The van der Waals surface area contributed by atoms with Crippen molar-refractivity contribution in [2.75, 3.05) is 11.1 Å². The van der Waals surface area contributed by atoms with Crippen LogP contribution in [0.2, 0.25) is 0 Å². The molecule has 3 N–H and O–H groups in total. The molecular weight excluding hydrogens is 190 g/mol. The Morgan fingerprint density at radius 3 is 2.93 bits per heavy atom. The van der Waals surface area contributed by atoms with Crippen LogP contribution in [-0.4, -0.2) is 14.5 Å². The quantitative estimate of drug-likeness (QED) is 0.781. The minimum absolute atomic E-state index is 0.514. The van der Waals surface area contributed by atoms with Crippen LogP contribution < -0.4 is 11.1 Å². The van der Waals surface area contributed by atoms with Crippen molar-refractivity contribution in [3.05, 3.63) is 36.5 Å². The number of rotatable bonds is 3. The molecule has 0 atom stereocenters. The first kappa shape index (κ1) is 9.51. The van der Waals surface area contributed by atoms with Crippen molar-refractivity contribution in [2.45, 2.75) is 6.54 Å². The van der Waals surface area contributed by atoms with Gasteiger partial charge in [0.05, 0.1) is 6.54 Å². The Morgan fingerprint density at radius 1 is 1.40 bits per heavy atom. The van der Waals surface area contributed by atoms with E-state index >= 15 is 0 Å². The lowest BCUT2D eigenvalue weighted by atomic mass is 10.4. The predicted molar refractivity (Wildman–Crippen MR) is 59.2 cm³/mol. The Bertz CT molecular complexity index is 449. The molecule has 2 rings (SSSR count). The molecule has 5 heteroatoms. The third-order valence-electron chi connectivity index (χ3n) is 2.15. The monoisotopic (exact) mass is 203 g/mol. The van der Waals surface area contributed by atoms with Crippen LogP contribution in [0.4, 0.5) is 11.5 Å². The van der Waals surface area contributed by atoms with Gasteiger partial charge in [-0.25, -0.2) is 9.97 Å². The summed E-state index contributed by atoms with van der Waals surface area (Å²) in [5.41, 5.74) is 6.52. The Balaban J connectivity index is 2.02. The maximum absolute atomic E-state index is 5.57. The summed E-state index contributed by atoms with van der Waals surface area (Å²) in [6.45, 7) is 0.674. The zero-order valence-electron chi connectivity index (χ0n) is 8.51. The summed E-state index contributed by atoms with van der Waals surface area (Å²) in [4.78, 5) is 8.13. The molecule has 2 aromatic heterocycles. The Labute approximate surface area is 88.0 Å². The first-order chi connectivity index (χ1) is 7.25. The predicted octanol–water partition coefficient (Wildman–Crippen LogP) is 1.01. The molecule has 0 unspecified atom stereocenters. The lowest BCUT2D eigenvalue weighted by molar-refractivity contribution is 0.813. The summed E-state index contributed by atoms with van der Waals surface area (Å²) in [5.74, 6) is 1.49. The number of nitrogens with two attached hydrogens (primary N) is 1. The number of aromatic nitrogens is 3. The van der Waals surface area contributed by atoms with Gasteiger partial charge in [-0.05, 0) is 6.07 Å². The van der Waals surface area contributed by atoms with E-state index in [2.05, 4.69) is 15.3 Å². The van der Waals surface area contributed by atoms with Gasteiger partial charge in [0.15, 0.2) is 0 Å². The average Bonchev–Trinajstić information content (AvgIpc) is 2.61. The highest BCUT2D eigenvalue weighted by Crippen LogP contribution is 2.09. The normalized spacial score (nSPS) is 10.2. The molecule has 0 aliphatic heterocycles. The van der Waals surface area contributed by atoms with Gasteiger partial charge >= 0.3 is 0 Å². The smallest absolute Gasteiger partial charge is 0.127 e. The number of aryl methyl sites for hydroxylation is 1. The van der Waals surface area contributed by atoms with Crippen molar-refractivity contribution in [3.8, 4) is 0 Å². The minimum Gasteiger partial charge on any atom is -0.384 e. The lowest BCUT2D eigenvalue weighted by Crippen LogP contribution is -2.06. The van der Waals surface area contributed by atoms with E-state index in [0.717, 1.165) is 11.5 Å². The molecule has 0 amide bonds. The van der Waals surface area contributed by atoms with Crippen molar-refractivity contribution >= 4 is 11.5 Å². The SMILES string of the molecule is Cn1ccnc1CNc1ccnc(N)c1. The van der Waals surface area contributed by atoms with Crippen molar-refractivity contribution in [1.82, 2.24) is 14.5 Å². The van der Waals surface area contributed by atoms with E-state index in [1.54, 1.807) is 18.5 Å². The fourth-order valence-corrected chi connectivity index (χ4v) is 1.31. The van der Waals surface area contributed by atoms with Gasteiger partial charge < -0.3 is 15.6 Å². The molecule has 0 aliphatic carbocycles. The van der Waals surface area contributed by atoms with E-state index in [0.29, 0.717) is 12.4 Å². The van der Waals surface area contributed by atoms with Gasteiger partial charge in [-0.1, -0.05) is 0 Å². The summed E-state index contributed by atoms with van der Waals surface area (Å²) in [6, 6.07) is 3.67. The molecule has 0 radical (unpaired) electrons. The first-order valence-electron chi connectivity index (χ1n) is 4.67. The van der Waals surface area contributed by atoms with Gasteiger partial charge in [-0.3, -0.25) is 0 Å². The van der Waals surface area contributed by atoms with E-state index < -0.39 is 0 Å². The highest BCUT2D eigenvalue weighted by Gasteiger charge is 1.98. The Kier molecular flexibility index (Phi) is 2.53. The highest BCUT2D eigenvalue weighted by atomic mass is 15.1. The van der Waals surface area contributed by atoms with Crippen LogP contribution in [0.15, 0.2) is 30.7 Å². The van der Waals surface area contributed by atoms with Crippen molar-refractivity contribution < 1.29 is 0 Å². The molecule has 0 saturated heterocycles. The van der Waals surface area contributed by atoms with Gasteiger partial charge in [0.1, 0.15) is 11.6 Å². The van der Waals surface area contributed by atoms with Crippen LogP contribution in [0, 0.1) is 0 Å². The summed E-state index contributed by atoms with van der Waals surface area (Å²) >= 11 is 0. The minimum atomic E-state index is 0.514. The third-order valence-corrected chi connectivity index (χ3v) is 2.15. The van der Waals surface area contributed by atoms with E-state index in [1.807, 2.05) is 23.9 Å². The van der Waals surface area contributed by atoms with Crippen LogP contribution in [0.5, 0.6) is 0 Å². The van der Waals surface area contributed by atoms with Crippen LogP contribution in [0.25, 0.3) is 0 Å². The number of imidazole rings is 1. The number of pyridine rings is 1. The van der Waals surface area contributed by atoms with Crippen molar-refractivity contribution in [1.29, 1.82) is 0 Å². The second-order valence-corrected chi connectivity index (χ2v) is 3.28. The molecule has 2 aromatic rings. The number of hydrogen-bond acceptors (Lipinski definition) is 4. The zero-order valence-corrected chi connectivity index (χ0v) is 8.51. The van der Waals surface area contributed by atoms with Gasteiger partial charge in [0.25, 0.3) is 0 Å². The summed E-state index contributed by atoms with van der Waals surface area (Å²) in [7, 11) is 1.96. The fourth-order valence-electron chi connectivity index (χ4n) is 1.31. The van der Waals surface area contributed by atoms with E-state index in [9.17, 15) is 0 Å². The molecule has 2 heterocycles. The second-order valence-electron chi connectivity index (χ2n) is 3.28. The largest absolute Gasteiger partial charge is 0.384 e. The van der Waals surface area contributed by atoms with Crippen molar-refractivity contribution in [2.24, 2.45) is 7.05 Å². The molecule has 5 nitrogen and oxygen atoms in total. The Morgan fingerprint density at radius 2 is 2.27 bits per heavy atom. The summed E-state index contributed by atoms with van der Waals surface area (Å²) in [5, 5.41) is 3.23. The molecule has 0 fully saturated rings. The van der Waals surface area contributed by atoms with E-state index in [1.165, 1.54) is 0 Å². The standard InChI is InChI=1S/C10H13N5/c1-15-5-4-13-10(15)7-14-8-2-3-12-9(11)6-8/h2-6H,7H2,1H3,(H3,11,12,14). The molecule has 0 spiro atoms. The molecule has 0 aromatic carbocycles. The van der Waals surface area contributed by atoms with Crippen LogP contribution in [-0.2, 0) is 13.6 Å². The van der Waals surface area contributed by atoms with Crippen LogP contribution in [0.3, 0.4) is 0 Å². The number of nitrogens with one attached hydrogen (secondary N) is 1. The number of anilines is 2. The van der Waals surface area contributed by atoms with Crippen molar-refractivity contribution in [3.63, 3.8) is 0 Å². The van der Waals surface area contributed by atoms with Crippen LogP contribution in [0.1, 0.15) is 5.82 Å². The number of nitrogens with zero attached hydrogens (tertiary/aromatic N) is 3. The third kappa shape index (κ3) is 2.25. The maximum atomic E-state index is 5.57. The van der Waals surface area contributed by atoms with Gasteiger partial charge in [0, 0.05) is 37.4 Å².